The van der Waals surface area contributed by atoms with Gasteiger partial charge < -0.3 is 51.2 Å². The van der Waals surface area contributed by atoms with E-state index in [0.717, 1.165) is 42.4 Å². The van der Waals surface area contributed by atoms with Crippen LogP contribution >= 0.6 is 37.2 Å². The third-order valence-corrected chi connectivity index (χ3v) is 16.4. The number of nitrogens with zero attached hydrogens (tertiary/aromatic N) is 4. The topological polar surface area (TPSA) is 206 Å². The van der Waals surface area contributed by atoms with E-state index in [0.29, 0.717) is 81.2 Å². The second-order valence-electron chi connectivity index (χ2n) is 22.1. The number of carbonyl (C=O) groups excluding carboxylic acids is 6. The van der Waals surface area contributed by atoms with Gasteiger partial charge >= 0.3 is 0 Å². The smallest absolute Gasteiger partial charge is 0.252 e. The summed E-state index contributed by atoms with van der Waals surface area (Å²) in [7, 11) is 1.61. The summed E-state index contributed by atoms with van der Waals surface area (Å²) < 4.78 is 55.1. The number of benzene rings is 4. The molecule has 6 amide bonds. The zero-order valence-electron chi connectivity index (χ0n) is 47.3. The number of para-hydroxylation sites is 1. The number of hydrogen-bond donors (Lipinski definition) is 6. The van der Waals surface area contributed by atoms with Crippen LogP contribution in [0.15, 0.2) is 78.9 Å². The van der Waals surface area contributed by atoms with Crippen molar-refractivity contribution in [1.82, 2.24) is 36.0 Å². The van der Waals surface area contributed by atoms with E-state index < -0.39 is 64.5 Å². The second kappa shape index (κ2) is 29.3. The molecule has 6 N–H and O–H groups in total. The molecule has 4 aromatic carbocycles. The maximum Gasteiger partial charge on any atom is 0.252 e. The third-order valence-electron chi connectivity index (χ3n) is 16.4. The minimum atomic E-state index is -1.44. The molecule has 5 aliphatic heterocycles. The van der Waals surface area contributed by atoms with Gasteiger partial charge in [0, 0.05) is 94.9 Å². The van der Waals surface area contributed by atoms with E-state index in [9.17, 15) is 33.2 Å². The Morgan fingerprint density at radius 3 is 2.25 bits per heavy atom. The van der Waals surface area contributed by atoms with Gasteiger partial charge in [-0.25, -0.2) is 13.2 Å². The van der Waals surface area contributed by atoms with E-state index in [1.54, 1.807) is 50.1 Å². The molecule has 1 unspecified atom stereocenters. The molecule has 24 heteroatoms. The van der Waals surface area contributed by atoms with Crippen molar-refractivity contribution in [3.63, 3.8) is 0 Å². The van der Waals surface area contributed by atoms with Crippen LogP contribution in [0, 0.1) is 23.4 Å². The predicted octanol–water partition coefficient (Wildman–Crippen LogP) is 5.63. The molecule has 7 atom stereocenters. The fourth-order valence-electron chi connectivity index (χ4n) is 11.6. The molecule has 0 bridgehead atoms. The number of carbonyl (C=O) groups is 6. The third kappa shape index (κ3) is 15.3. The first-order valence-electron chi connectivity index (χ1n) is 27.7. The highest BCUT2D eigenvalue weighted by atomic mass is 35.5. The van der Waals surface area contributed by atoms with Crippen LogP contribution in [0.1, 0.15) is 80.8 Å². The van der Waals surface area contributed by atoms with Crippen molar-refractivity contribution in [3.05, 3.63) is 124 Å². The summed E-state index contributed by atoms with van der Waals surface area (Å²) in [5, 5.41) is 17.5. The van der Waals surface area contributed by atoms with Crippen molar-refractivity contribution in [3.8, 4) is 0 Å². The van der Waals surface area contributed by atoms with Gasteiger partial charge in [-0.2, -0.15) is 0 Å². The molecule has 0 aromatic heterocycles. The number of anilines is 3. The molecular weight excluding hydrogens is 1140 g/mol. The van der Waals surface area contributed by atoms with Crippen molar-refractivity contribution in [1.29, 1.82) is 0 Å². The lowest BCUT2D eigenvalue weighted by molar-refractivity contribution is -0.144. The standard InChI is InChI=1S/C59H73F3N10O8.3ClH/c1-35-29-70(44(28-65-35)31-69-21-24-80-33-36(69)2)32-51(74)72-34-59(4,46-16-11-39(26-49(46)72)25-38-9-13-42(60)14-10-38)58(78)64-20-17-50(73)66-43-15-12-41-30-71(54(45(41)27-43)56(76)68-53-47(61)7-6-8-48(53)62)57(77)52(40-18-22-79-23-19-40)67-55(75)37(3)63-5;;;/h6-16,26-27,35-37,40,44,52,54,63,65H,17-25,28-34H2,1-5H3,(H,64,78)(H,66,73)(H,67,75)(H,68,76);3*1H/t35-,36-,37+,44-,52+,54+,59?;;;/m1.../s1. The molecule has 3 fully saturated rings. The van der Waals surface area contributed by atoms with Crippen LogP contribution in [0.25, 0.3) is 0 Å². The summed E-state index contributed by atoms with van der Waals surface area (Å²) in [5.74, 6) is -5.69. The average Bonchev–Trinajstić information content (AvgIpc) is 3.58. The predicted molar refractivity (Wildman–Crippen MR) is 317 cm³/mol. The molecule has 0 saturated carbocycles. The van der Waals surface area contributed by atoms with Gasteiger partial charge in [0.15, 0.2) is 0 Å². The summed E-state index contributed by atoms with van der Waals surface area (Å²) in [6, 6.07) is 17.2. The highest BCUT2D eigenvalue weighted by molar-refractivity contribution is 6.04. The molecule has 5 heterocycles. The maximum absolute atomic E-state index is 15.0. The highest BCUT2D eigenvalue weighted by Crippen LogP contribution is 2.43. The van der Waals surface area contributed by atoms with Crippen LogP contribution in [0.5, 0.6) is 0 Å². The quantitative estimate of drug-likeness (QED) is 0.0717. The lowest BCUT2D eigenvalue weighted by Crippen LogP contribution is -2.62. The van der Waals surface area contributed by atoms with Gasteiger partial charge in [0.05, 0.1) is 31.2 Å². The van der Waals surface area contributed by atoms with E-state index in [4.69, 9.17) is 9.47 Å². The summed E-state index contributed by atoms with van der Waals surface area (Å²) in [5.41, 5.74) is 2.19. The molecule has 5 aliphatic rings. The van der Waals surface area contributed by atoms with Crippen molar-refractivity contribution >= 4 is 89.7 Å². The van der Waals surface area contributed by atoms with E-state index in [-0.39, 0.29) is 117 Å². The number of fused-ring (bicyclic) bond motifs is 2. The molecule has 452 valence electrons. The Balaban J connectivity index is 0.00000369. The Kier molecular flexibility index (Phi) is 23.4. The Labute approximate surface area is 501 Å². The van der Waals surface area contributed by atoms with Crippen LogP contribution in [-0.4, -0.2) is 160 Å². The molecule has 3 saturated heterocycles. The van der Waals surface area contributed by atoms with Crippen LogP contribution < -0.4 is 36.8 Å². The SMILES string of the molecule is CN[C@@H](C)C(=O)N[C@H](C(=O)N1Cc2ccc(NC(=O)CCNC(=O)C3(C)CN(C(=O)CN4C[C@@H](C)NC[C@@H]4CN4CCOC[C@H]4C)c4cc(Cc5ccc(F)cc5)ccc43)cc2[C@H]1C(=O)Nc1c(F)cccc1F)C1CCOCC1.Cl.Cl.Cl. The largest absolute Gasteiger partial charge is 0.381 e. The molecule has 0 aliphatic carbocycles. The van der Waals surface area contributed by atoms with E-state index in [2.05, 4.69) is 55.5 Å². The first-order chi connectivity index (χ1) is 38.4. The minimum absolute atomic E-state index is 0. The van der Waals surface area contributed by atoms with Gasteiger partial charge in [-0.1, -0.05) is 36.4 Å². The fourth-order valence-corrected chi connectivity index (χ4v) is 11.6. The number of morpholine rings is 1. The molecule has 4 aromatic rings. The van der Waals surface area contributed by atoms with Crippen molar-refractivity contribution in [2.45, 2.75) is 102 Å². The summed E-state index contributed by atoms with van der Waals surface area (Å²) in [4.78, 5) is 93.1. The van der Waals surface area contributed by atoms with Crippen molar-refractivity contribution < 1.29 is 51.4 Å². The monoisotopic (exact) mass is 1210 g/mol. The zero-order valence-corrected chi connectivity index (χ0v) is 49.7. The van der Waals surface area contributed by atoms with Crippen LogP contribution in [0.2, 0.25) is 0 Å². The Morgan fingerprint density at radius 2 is 1.55 bits per heavy atom. The number of piperazine rings is 1. The second-order valence-corrected chi connectivity index (χ2v) is 22.1. The molecule has 9 rings (SSSR count). The molecule has 0 spiro atoms. The van der Waals surface area contributed by atoms with Gasteiger partial charge in [-0.05, 0) is 130 Å². The number of halogens is 6. The summed E-state index contributed by atoms with van der Waals surface area (Å²) in [6.07, 6.45) is 1.21. The molecule has 0 radical (unpaired) electrons. The number of hydrogen-bond acceptors (Lipinski definition) is 12. The lowest BCUT2D eigenvalue weighted by Gasteiger charge is -2.43. The van der Waals surface area contributed by atoms with Crippen molar-refractivity contribution in [2.24, 2.45) is 5.92 Å². The Bertz CT molecular complexity index is 2940. The number of nitrogens with one attached hydrogen (secondary N) is 6. The Morgan fingerprint density at radius 1 is 0.843 bits per heavy atom. The van der Waals surface area contributed by atoms with Gasteiger partial charge in [0.2, 0.25) is 29.5 Å². The first kappa shape index (κ1) is 66.3. The molecule has 83 heavy (non-hydrogen) atoms. The normalized spacial score (nSPS) is 22.3. The number of amides is 6. The van der Waals surface area contributed by atoms with Gasteiger partial charge in [-0.3, -0.25) is 38.6 Å². The van der Waals surface area contributed by atoms with Crippen LogP contribution in [-0.2, 0) is 56.6 Å². The maximum atomic E-state index is 15.0. The molecule has 18 nitrogen and oxygen atoms in total. The van der Waals surface area contributed by atoms with Gasteiger partial charge in [0.25, 0.3) is 5.91 Å². The summed E-state index contributed by atoms with van der Waals surface area (Å²) >= 11 is 0. The van der Waals surface area contributed by atoms with E-state index in [1.165, 1.54) is 23.1 Å². The van der Waals surface area contributed by atoms with Crippen LogP contribution in [0.4, 0.5) is 30.2 Å². The first-order valence-corrected chi connectivity index (χ1v) is 27.7. The number of likely N-dealkylation sites (N-methyl/N-ethyl adjacent to an activating group) is 1. The fraction of sp³-hybridized carbons (Fsp3) is 0.492. The number of rotatable bonds is 18. The number of ether oxygens (including phenoxy) is 2. The Hall–Kier alpha value is -5.88. The lowest BCUT2D eigenvalue weighted by atomic mass is 9.83. The highest BCUT2D eigenvalue weighted by Gasteiger charge is 2.48. The molecular formula is C59H76Cl3F3N10O8. The average molecular weight is 1220 g/mol. The zero-order chi connectivity index (χ0) is 56.8. The summed E-state index contributed by atoms with van der Waals surface area (Å²) in [6.45, 7) is 12.7. The van der Waals surface area contributed by atoms with E-state index in [1.807, 2.05) is 18.2 Å². The van der Waals surface area contributed by atoms with Crippen molar-refractivity contribution in [2.75, 3.05) is 94.8 Å². The minimum Gasteiger partial charge on any atom is -0.381 e. The van der Waals surface area contributed by atoms with Gasteiger partial charge in [0.1, 0.15) is 35.2 Å². The van der Waals surface area contributed by atoms with Crippen LogP contribution in [0.3, 0.4) is 0 Å². The van der Waals surface area contributed by atoms with Gasteiger partial charge in [-0.15, -0.1) is 37.2 Å². The van der Waals surface area contributed by atoms with E-state index >= 15 is 8.78 Å².